The van der Waals surface area contributed by atoms with E-state index >= 15 is 0 Å². The molecule has 0 saturated carbocycles. The average Bonchev–Trinajstić information content (AvgIpc) is 2.92. The van der Waals surface area contributed by atoms with Gasteiger partial charge < -0.3 is 9.64 Å². The third kappa shape index (κ3) is 2.99. The lowest BCUT2D eigenvalue weighted by atomic mass is 10.1. The van der Waals surface area contributed by atoms with Crippen LogP contribution in [0, 0.1) is 0 Å². The van der Waals surface area contributed by atoms with E-state index in [1.807, 2.05) is 24.4 Å². The van der Waals surface area contributed by atoms with Crippen LogP contribution in [-0.4, -0.2) is 36.1 Å². The molecule has 0 bridgehead atoms. The maximum atomic E-state index is 5.92. The molecule has 3 heteroatoms. The van der Waals surface area contributed by atoms with E-state index in [1.54, 1.807) is 6.20 Å². The lowest BCUT2D eigenvalue weighted by molar-refractivity contribution is 0.198. The van der Waals surface area contributed by atoms with Crippen LogP contribution in [0.1, 0.15) is 12.8 Å². The highest BCUT2D eigenvalue weighted by molar-refractivity contribution is 5.63. The topological polar surface area (TPSA) is 25.4 Å². The summed E-state index contributed by atoms with van der Waals surface area (Å²) in [6.45, 7) is 1.92. The van der Waals surface area contributed by atoms with E-state index in [2.05, 4.69) is 35.1 Å². The van der Waals surface area contributed by atoms with E-state index in [0.29, 0.717) is 6.04 Å². The van der Waals surface area contributed by atoms with E-state index in [4.69, 9.17) is 4.74 Å². The number of nitrogens with zero attached hydrogens (tertiary/aromatic N) is 2. The SMILES string of the molecule is CN1CCC[C@H]1COc1cncc(-c2ccccc2)c1. The smallest absolute Gasteiger partial charge is 0.138 e. The summed E-state index contributed by atoms with van der Waals surface area (Å²) >= 11 is 0. The van der Waals surface area contributed by atoms with Gasteiger partial charge in [-0.3, -0.25) is 4.98 Å². The molecule has 0 spiro atoms. The number of pyridine rings is 1. The van der Waals surface area contributed by atoms with Gasteiger partial charge in [0.2, 0.25) is 0 Å². The van der Waals surface area contributed by atoms with E-state index in [-0.39, 0.29) is 0 Å². The van der Waals surface area contributed by atoms with Crippen LogP contribution >= 0.6 is 0 Å². The molecule has 1 aliphatic heterocycles. The van der Waals surface area contributed by atoms with Crippen LogP contribution in [0.25, 0.3) is 11.1 Å². The molecular weight excluding hydrogens is 248 g/mol. The van der Waals surface area contributed by atoms with Crippen molar-refractivity contribution in [2.45, 2.75) is 18.9 Å². The van der Waals surface area contributed by atoms with Crippen LogP contribution in [0.4, 0.5) is 0 Å². The predicted octanol–water partition coefficient (Wildman–Crippen LogP) is 3.22. The summed E-state index contributed by atoms with van der Waals surface area (Å²) in [6.07, 6.45) is 6.17. The van der Waals surface area contributed by atoms with E-state index in [1.165, 1.54) is 24.9 Å². The molecule has 2 aromatic rings. The van der Waals surface area contributed by atoms with Gasteiger partial charge in [-0.2, -0.15) is 0 Å². The first-order valence-electron chi connectivity index (χ1n) is 7.16. The van der Waals surface area contributed by atoms with Crippen molar-refractivity contribution >= 4 is 0 Å². The van der Waals surface area contributed by atoms with Crippen molar-refractivity contribution in [2.24, 2.45) is 0 Å². The van der Waals surface area contributed by atoms with Crippen molar-refractivity contribution in [1.29, 1.82) is 0 Å². The number of likely N-dealkylation sites (N-methyl/N-ethyl adjacent to an activating group) is 1. The molecule has 2 heterocycles. The van der Waals surface area contributed by atoms with Crippen molar-refractivity contribution in [3.63, 3.8) is 0 Å². The average molecular weight is 268 g/mol. The molecule has 3 rings (SSSR count). The third-order valence-corrected chi connectivity index (χ3v) is 3.93. The van der Waals surface area contributed by atoms with Gasteiger partial charge in [-0.05, 0) is 38.1 Å². The zero-order valence-electron chi connectivity index (χ0n) is 11.8. The Balaban J connectivity index is 1.68. The number of benzene rings is 1. The fourth-order valence-corrected chi connectivity index (χ4v) is 2.67. The summed E-state index contributed by atoms with van der Waals surface area (Å²) in [5.41, 5.74) is 2.27. The molecule has 1 aliphatic rings. The number of hydrogen-bond donors (Lipinski definition) is 0. The van der Waals surface area contributed by atoms with Gasteiger partial charge in [0.05, 0.1) is 6.20 Å². The molecular formula is C17H20N2O. The van der Waals surface area contributed by atoms with Crippen molar-refractivity contribution < 1.29 is 4.74 Å². The third-order valence-electron chi connectivity index (χ3n) is 3.93. The normalized spacial score (nSPS) is 19.1. The molecule has 1 aromatic heterocycles. The molecule has 1 aromatic carbocycles. The minimum atomic E-state index is 0.537. The maximum Gasteiger partial charge on any atom is 0.138 e. The molecule has 1 saturated heterocycles. The Morgan fingerprint density at radius 2 is 2.05 bits per heavy atom. The Morgan fingerprint density at radius 3 is 2.80 bits per heavy atom. The maximum absolute atomic E-state index is 5.92. The van der Waals surface area contributed by atoms with Crippen LogP contribution in [0.5, 0.6) is 5.75 Å². The Bertz CT molecular complexity index is 556. The molecule has 0 N–H and O–H groups in total. The van der Waals surface area contributed by atoms with E-state index in [9.17, 15) is 0 Å². The molecule has 104 valence electrons. The van der Waals surface area contributed by atoms with Gasteiger partial charge in [0.25, 0.3) is 0 Å². The fourth-order valence-electron chi connectivity index (χ4n) is 2.67. The van der Waals surface area contributed by atoms with Gasteiger partial charge in [0, 0.05) is 17.8 Å². The summed E-state index contributed by atoms with van der Waals surface area (Å²) < 4.78 is 5.92. The van der Waals surface area contributed by atoms with E-state index < -0.39 is 0 Å². The molecule has 0 aliphatic carbocycles. The molecule has 0 unspecified atom stereocenters. The molecule has 1 fully saturated rings. The second-order valence-corrected chi connectivity index (χ2v) is 5.36. The summed E-state index contributed by atoms with van der Waals surface area (Å²) in [5, 5.41) is 0. The lowest BCUT2D eigenvalue weighted by Crippen LogP contribution is -2.30. The number of rotatable bonds is 4. The standard InChI is InChI=1S/C17H20N2O/c1-19-9-5-8-16(19)13-20-17-10-15(11-18-12-17)14-6-3-2-4-7-14/h2-4,6-7,10-12,16H,5,8-9,13H2,1H3/t16-/m0/s1. The highest BCUT2D eigenvalue weighted by Gasteiger charge is 2.21. The first kappa shape index (κ1) is 13.1. The number of hydrogen-bond acceptors (Lipinski definition) is 3. The number of ether oxygens (including phenoxy) is 1. The lowest BCUT2D eigenvalue weighted by Gasteiger charge is -2.19. The highest BCUT2D eigenvalue weighted by atomic mass is 16.5. The van der Waals surface area contributed by atoms with Crippen LogP contribution < -0.4 is 4.74 Å². The molecule has 1 atom stereocenters. The van der Waals surface area contributed by atoms with Gasteiger partial charge in [-0.25, -0.2) is 0 Å². The zero-order chi connectivity index (χ0) is 13.8. The van der Waals surface area contributed by atoms with Crippen molar-refractivity contribution in [3.05, 3.63) is 48.8 Å². The van der Waals surface area contributed by atoms with Crippen LogP contribution in [-0.2, 0) is 0 Å². The van der Waals surface area contributed by atoms with Crippen LogP contribution in [0.3, 0.4) is 0 Å². The number of likely N-dealkylation sites (tertiary alicyclic amines) is 1. The Hall–Kier alpha value is -1.87. The molecule has 0 amide bonds. The Morgan fingerprint density at radius 1 is 1.20 bits per heavy atom. The number of aromatic nitrogens is 1. The fraction of sp³-hybridized carbons (Fsp3) is 0.353. The first-order chi connectivity index (χ1) is 9.83. The Labute approximate surface area is 120 Å². The zero-order valence-corrected chi connectivity index (χ0v) is 11.8. The first-order valence-corrected chi connectivity index (χ1v) is 7.16. The minimum Gasteiger partial charge on any atom is -0.490 e. The molecule has 20 heavy (non-hydrogen) atoms. The van der Waals surface area contributed by atoms with Crippen molar-refractivity contribution in [2.75, 3.05) is 20.2 Å². The van der Waals surface area contributed by atoms with Gasteiger partial charge in [-0.1, -0.05) is 30.3 Å². The Kier molecular flexibility index (Phi) is 3.97. The van der Waals surface area contributed by atoms with Gasteiger partial charge in [0.15, 0.2) is 0 Å². The van der Waals surface area contributed by atoms with Gasteiger partial charge >= 0.3 is 0 Å². The van der Waals surface area contributed by atoms with Crippen molar-refractivity contribution in [3.8, 4) is 16.9 Å². The quantitative estimate of drug-likeness (QED) is 0.851. The molecule has 3 nitrogen and oxygen atoms in total. The van der Waals surface area contributed by atoms with Crippen LogP contribution in [0.2, 0.25) is 0 Å². The summed E-state index contributed by atoms with van der Waals surface area (Å²) in [4.78, 5) is 6.66. The second kappa shape index (κ2) is 6.06. The van der Waals surface area contributed by atoms with Crippen molar-refractivity contribution in [1.82, 2.24) is 9.88 Å². The summed E-state index contributed by atoms with van der Waals surface area (Å²) in [5.74, 6) is 0.853. The summed E-state index contributed by atoms with van der Waals surface area (Å²) in [7, 11) is 2.17. The monoisotopic (exact) mass is 268 g/mol. The van der Waals surface area contributed by atoms with Gasteiger partial charge in [0.1, 0.15) is 12.4 Å². The van der Waals surface area contributed by atoms with E-state index in [0.717, 1.165) is 17.9 Å². The minimum absolute atomic E-state index is 0.537. The summed E-state index contributed by atoms with van der Waals surface area (Å²) in [6, 6.07) is 12.9. The second-order valence-electron chi connectivity index (χ2n) is 5.36. The predicted molar refractivity (Wildman–Crippen MR) is 80.8 cm³/mol. The highest BCUT2D eigenvalue weighted by Crippen LogP contribution is 2.23. The van der Waals surface area contributed by atoms with Crippen LogP contribution in [0.15, 0.2) is 48.8 Å². The largest absolute Gasteiger partial charge is 0.490 e. The molecule has 0 radical (unpaired) electrons. The van der Waals surface area contributed by atoms with Gasteiger partial charge in [-0.15, -0.1) is 0 Å².